The van der Waals surface area contributed by atoms with Gasteiger partial charge in [-0.15, -0.1) is 0 Å². The Balaban J connectivity index is 2.63. The van der Waals surface area contributed by atoms with E-state index in [2.05, 4.69) is 19.2 Å². The highest BCUT2D eigenvalue weighted by molar-refractivity contribution is 5.80. The van der Waals surface area contributed by atoms with E-state index in [-0.39, 0.29) is 18.0 Å². The molecule has 0 aromatic carbocycles. The van der Waals surface area contributed by atoms with Crippen molar-refractivity contribution in [2.75, 3.05) is 13.1 Å². The molecule has 2 unspecified atom stereocenters. The summed E-state index contributed by atoms with van der Waals surface area (Å²) >= 11 is 0. The van der Waals surface area contributed by atoms with Crippen molar-refractivity contribution in [1.82, 2.24) is 10.2 Å². The predicted molar refractivity (Wildman–Crippen MR) is 78.5 cm³/mol. The van der Waals surface area contributed by atoms with Gasteiger partial charge in [0.1, 0.15) is 0 Å². The Kier molecular flexibility index (Phi) is 5.42. The smallest absolute Gasteiger partial charge is 0.317 e. The van der Waals surface area contributed by atoms with Gasteiger partial charge in [0.15, 0.2) is 0 Å². The lowest BCUT2D eigenvalue weighted by molar-refractivity contribution is -0.150. The van der Waals surface area contributed by atoms with Crippen molar-refractivity contribution < 1.29 is 14.7 Å². The number of hydrogen-bond donors (Lipinski definition) is 2. The van der Waals surface area contributed by atoms with Crippen molar-refractivity contribution in [2.45, 2.75) is 53.5 Å². The summed E-state index contributed by atoms with van der Waals surface area (Å²) in [6.45, 7) is 10.9. The minimum absolute atomic E-state index is 0.0193. The zero-order valence-corrected chi connectivity index (χ0v) is 13.3. The molecule has 116 valence electrons. The van der Waals surface area contributed by atoms with Gasteiger partial charge >= 0.3 is 12.0 Å². The van der Waals surface area contributed by atoms with Crippen molar-refractivity contribution in [1.29, 1.82) is 0 Å². The Bertz CT molecular complexity index is 368. The summed E-state index contributed by atoms with van der Waals surface area (Å²) in [6, 6.07) is -0.0247. The van der Waals surface area contributed by atoms with Crippen LogP contribution in [-0.4, -0.2) is 41.1 Å². The molecule has 0 aromatic rings. The highest BCUT2D eigenvalue weighted by atomic mass is 16.4. The highest BCUT2D eigenvalue weighted by Crippen LogP contribution is 2.38. The first-order valence-electron chi connectivity index (χ1n) is 7.48. The van der Waals surface area contributed by atoms with Gasteiger partial charge in [-0.25, -0.2) is 4.79 Å². The second kappa shape index (κ2) is 6.46. The van der Waals surface area contributed by atoms with Crippen LogP contribution in [0.5, 0.6) is 0 Å². The zero-order valence-electron chi connectivity index (χ0n) is 13.3. The lowest BCUT2D eigenvalue weighted by Crippen LogP contribution is -2.46. The summed E-state index contributed by atoms with van der Waals surface area (Å²) in [5.74, 6) is -0.249. The van der Waals surface area contributed by atoms with Gasteiger partial charge < -0.3 is 15.3 Å². The van der Waals surface area contributed by atoms with Gasteiger partial charge in [-0.05, 0) is 31.6 Å². The summed E-state index contributed by atoms with van der Waals surface area (Å²) in [6.07, 6.45) is 1.46. The Morgan fingerprint density at radius 2 is 1.85 bits per heavy atom. The van der Waals surface area contributed by atoms with Gasteiger partial charge in [0, 0.05) is 19.1 Å². The number of aliphatic carboxylic acids is 1. The van der Waals surface area contributed by atoms with Gasteiger partial charge in [-0.2, -0.15) is 0 Å². The summed E-state index contributed by atoms with van der Waals surface area (Å²) in [5, 5.41) is 12.4. The Morgan fingerprint density at radius 1 is 1.25 bits per heavy atom. The standard InChI is InChI=1S/C15H28N2O3/c1-10(2)8-12(5)16-14(20)17-7-6-15(9-17,11(3)4)13(18)19/h10-12H,6-9H2,1-5H3,(H,16,20)(H,18,19). The number of nitrogens with zero attached hydrogens (tertiary/aromatic N) is 1. The average Bonchev–Trinajstić information content (AvgIpc) is 2.73. The lowest BCUT2D eigenvalue weighted by atomic mass is 9.76. The average molecular weight is 284 g/mol. The summed E-state index contributed by atoms with van der Waals surface area (Å²) in [7, 11) is 0. The molecular weight excluding hydrogens is 256 g/mol. The molecule has 1 heterocycles. The van der Waals surface area contributed by atoms with Gasteiger partial charge in [0.25, 0.3) is 0 Å². The predicted octanol–water partition coefficient (Wildman–Crippen LogP) is 2.56. The van der Waals surface area contributed by atoms with E-state index in [0.717, 1.165) is 6.42 Å². The van der Waals surface area contributed by atoms with Crippen molar-refractivity contribution >= 4 is 12.0 Å². The van der Waals surface area contributed by atoms with Gasteiger partial charge in [0.05, 0.1) is 5.41 Å². The number of rotatable bonds is 5. The third-order valence-electron chi connectivity index (χ3n) is 4.31. The van der Waals surface area contributed by atoms with Crippen molar-refractivity contribution in [3.8, 4) is 0 Å². The molecule has 2 atom stereocenters. The molecule has 2 N–H and O–H groups in total. The first kappa shape index (κ1) is 16.8. The molecule has 0 aromatic heterocycles. The molecule has 2 amide bonds. The van der Waals surface area contributed by atoms with Crippen LogP contribution in [0.3, 0.4) is 0 Å². The van der Waals surface area contributed by atoms with Crippen LogP contribution in [0.2, 0.25) is 0 Å². The zero-order chi connectivity index (χ0) is 15.5. The number of carbonyl (C=O) groups is 2. The van der Waals surface area contributed by atoms with Crippen LogP contribution in [0.15, 0.2) is 0 Å². The molecule has 0 radical (unpaired) electrons. The second-order valence-electron chi connectivity index (χ2n) is 6.77. The third-order valence-corrected chi connectivity index (χ3v) is 4.31. The quantitative estimate of drug-likeness (QED) is 0.815. The number of hydrogen-bond acceptors (Lipinski definition) is 2. The Hall–Kier alpha value is -1.26. The van der Waals surface area contributed by atoms with E-state index in [4.69, 9.17) is 0 Å². The maximum Gasteiger partial charge on any atom is 0.317 e. The van der Waals surface area contributed by atoms with E-state index in [9.17, 15) is 14.7 Å². The number of carboxylic acid groups (broad SMARTS) is 1. The fourth-order valence-corrected chi connectivity index (χ4v) is 2.97. The number of carboxylic acids is 1. The minimum Gasteiger partial charge on any atom is -0.481 e. The van der Waals surface area contributed by atoms with Gasteiger partial charge in [-0.3, -0.25) is 4.79 Å². The maximum absolute atomic E-state index is 12.2. The first-order valence-corrected chi connectivity index (χ1v) is 7.48. The summed E-state index contributed by atoms with van der Waals surface area (Å²) in [4.78, 5) is 25.4. The fraction of sp³-hybridized carbons (Fsp3) is 0.867. The van der Waals surface area contributed by atoms with Crippen LogP contribution in [0.1, 0.15) is 47.5 Å². The number of urea groups is 1. The fourth-order valence-electron chi connectivity index (χ4n) is 2.97. The van der Waals surface area contributed by atoms with Crippen LogP contribution >= 0.6 is 0 Å². The molecule has 5 nitrogen and oxygen atoms in total. The molecule has 5 heteroatoms. The van der Waals surface area contributed by atoms with Gasteiger partial charge in [0.2, 0.25) is 0 Å². The summed E-state index contributed by atoms with van der Waals surface area (Å²) in [5.41, 5.74) is -0.793. The van der Waals surface area contributed by atoms with E-state index < -0.39 is 11.4 Å². The molecule has 1 aliphatic rings. The molecule has 1 fully saturated rings. The molecule has 20 heavy (non-hydrogen) atoms. The Morgan fingerprint density at radius 3 is 2.25 bits per heavy atom. The van der Waals surface area contributed by atoms with E-state index in [0.29, 0.717) is 25.4 Å². The molecular formula is C15H28N2O3. The minimum atomic E-state index is -0.793. The lowest BCUT2D eigenvalue weighted by Gasteiger charge is -2.29. The normalized spacial score (nSPS) is 24.2. The Labute approximate surface area is 121 Å². The number of carbonyl (C=O) groups excluding carboxylic acids is 1. The number of likely N-dealkylation sites (tertiary alicyclic amines) is 1. The van der Waals surface area contributed by atoms with E-state index in [1.807, 2.05) is 20.8 Å². The number of nitrogens with one attached hydrogen (secondary N) is 1. The highest BCUT2D eigenvalue weighted by Gasteiger charge is 2.48. The second-order valence-corrected chi connectivity index (χ2v) is 6.77. The molecule has 1 aliphatic heterocycles. The van der Waals surface area contributed by atoms with Crippen LogP contribution in [0, 0.1) is 17.3 Å². The largest absolute Gasteiger partial charge is 0.481 e. The first-order chi connectivity index (χ1) is 9.19. The van der Waals surface area contributed by atoms with Crippen molar-refractivity contribution in [3.63, 3.8) is 0 Å². The van der Waals surface area contributed by atoms with Crippen LogP contribution < -0.4 is 5.32 Å². The molecule has 0 aliphatic carbocycles. The van der Waals surface area contributed by atoms with E-state index in [1.165, 1.54) is 0 Å². The molecule has 0 spiro atoms. The molecule has 0 bridgehead atoms. The van der Waals surface area contributed by atoms with Crippen molar-refractivity contribution in [2.24, 2.45) is 17.3 Å². The van der Waals surface area contributed by atoms with Crippen LogP contribution in [-0.2, 0) is 4.79 Å². The monoisotopic (exact) mass is 284 g/mol. The van der Waals surface area contributed by atoms with Crippen LogP contribution in [0.4, 0.5) is 4.79 Å². The molecule has 1 rings (SSSR count). The number of amides is 2. The molecule has 1 saturated heterocycles. The van der Waals surface area contributed by atoms with E-state index in [1.54, 1.807) is 4.90 Å². The maximum atomic E-state index is 12.2. The topological polar surface area (TPSA) is 69.6 Å². The molecule has 0 saturated carbocycles. The van der Waals surface area contributed by atoms with Gasteiger partial charge in [-0.1, -0.05) is 27.7 Å². The third kappa shape index (κ3) is 3.64. The summed E-state index contributed by atoms with van der Waals surface area (Å²) < 4.78 is 0. The SMILES string of the molecule is CC(C)CC(C)NC(=O)N1CCC(C(=O)O)(C(C)C)C1. The van der Waals surface area contributed by atoms with Crippen molar-refractivity contribution in [3.05, 3.63) is 0 Å². The van der Waals surface area contributed by atoms with E-state index >= 15 is 0 Å². The van der Waals surface area contributed by atoms with Crippen LogP contribution in [0.25, 0.3) is 0 Å².